The molecule has 0 spiro atoms. The van der Waals surface area contributed by atoms with E-state index in [1.165, 1.54) is 0 Å². The van der Waals surface area contributed by atoms with Crippen LogP contribution in [0.3, 0.4) is 0 Å². The summed E-state index contributed by atoms with van der Waals surface area (Å²) >= 11 is 0. The molecule has 1 heterocycles. The topological polar surface area (TPSA) is 61.0 Å². The smallest absolute Gasteiger partial charge is 0.242 e. The van der Waals surface area contributed by atoms with E-state index in [1.54, 1.807) is 12.4 Å². The summed E-state index contributed by atoms with van der Waals surface area (Å²) in [6.45, 7) is 0.315. The Labute approximate surface area is 87.7 Å². The fourth-order valence-electron chi connectivity index (χ4n) is 1.18. The zero-order valence-electron chi connectivity index (χ0n) is 8.13. The number of nitrogens with two attached hydrogens (primary N) is 1. The Morgan fingerprint density at radius 1 is 1.07 bits per heavy atom. The van der Waals surface area contributed by atoms with Crippen molar-refractivity contribution in [3.8, 4) is 11.6 Å². The lowest BCUT2D eigenvalue weighted by Crippen LogP contribution is -2.03. The van der Waals surface area contributed by atoms with Gasteiger partial charge in [0, 0.05) is 18.9 Å². The van der Waals surface area contributed by atoms with Gasteiger partial charge in [-0.15, -0.1) is 0 Å². The molecule has 0 amide bonds. The van der Waals surface area contributed by atoms with Crippen LogP contribution in [0.1, 0.15) is 5.69 Å². The van der Waals surface area contributed by atoms with Crippen molar-refractivity contribution in [2.75, 3.05) is 0 Å². The minimum absolute atomic E-state index is 0.315. The maximum atomic E-state index is 5.55. The number of hydrogen-bond donors (Lipinski definition) is 1. The number of para-hydroxylation sites is 1. The van der Waals surface area contributed by atoms with E-state index in [-0.39, 0.29) is 0 Å². The molecule has 2 aromatic rings. The molecule has 0 fully saturated rings. The summed E-state index contributed by atoms with van der Waals surface area (Å²) in [7, 11) is 0. The van der Waals surface area contributed by atoms with Gasteiger partial charge in [0.2, 0.25) is 5.88 Å². The number of rotatable bonds is 3. The molecule has 0 saturated carbocycles. The predicted octanol–water partition coefficient (Wildman–Crippen LogP) is 1.73. The van der Waals surface area contributed by atoms with Crippen LogP contribution in [0.25, 0.3) is 0 Å². The van der Waals surface area contributed by atoms with Gasteiger partial charge in [-0.1, -0.05) is 18.2 Å². The molecule has 0 aliphatic carbocycles. The van der Waals surface area contributed by atoms with Crippen molar-refractivity contribution in [3.05, 3.63) is 48.4 Å². The Bertz CT molecular complexity index is 431. The molecule has 76 valence electrons. The monoisotopic (exact) mass is 201 g/mol. The van der Waals surface area contributed by atoms with Crippen LogP contribution in [0.4, 0.5) is 0 Å². The lowest BCUT2D eigenvalue weighted by atomic mass is 10.3. The maximum Gasteiger partial charge on any atom is 0.242 e. The third kappa shape index (κ3) is 2.30. The van der Waals surface area contributed by atoms with Crippen molar-refractivity contribution >= 4 is 0 Å². The molecule has 0 atom stereocenters. The van der Waals surface area contributed by atoms with Gasteiger partial charge in [0.05, 0.1) is 0 Å². The van der Waals surface area contributed by atoms with E-state index in [2.05, 4.69) is 9.97 Å². The summed E-state index contributed by atoms with van der Waals surface area (Å²) in [5, 5.41) is 0. The van der Waals surface area contributed by atoms with Crippen molar-refractivity contribution in [1.29, 1.82) is 0 Å². The Morgan fingerprint density at radius 2 is 1.80 bits per heavy atom. The van der Waals surface area contributed by atoms with Gasteiger partial charge in [-0.2, -0.15) is 0 Å². The maximum absolute atomic E-state index is 5.55. The van der Waals surface area contributed by atoms with Gasteiger partial charge >= 0.3 is 0 Å². The molecular weight excluding hydrogens is 190 g/mol. The molecule has 4 heteroatoms. The van der Waals surface area contributed by atoms with E-state index >= 15 is 0 Å². The van der Waals surface area contributed by atoms with Crippen LogP contribution in [0, 0.1) is 0 Å². The SMILES string of the molecule is NCc1nccnc1Oc1ccccc1. The second-order valence-electron chi connectivity index (χ2n) is 2.93. The Morgan fingerprint density at radius 3 is 2.53 bits per heavy atom. The molecule has 1 aromatic heterocycles. The van der Waals surface area contributed by atoms with Gasteiger partial charge in [0.15, 0.2) is 0 Å². The van der Waals surface area contributed by atoms with Gasteiger partial charge in [0.25, 0.3) is 0 Å². The van der Waals surface area contributed by atoms with E-state index < -0.39 is 0 Å². The van der Waals surface area contributed by atoms with Gasteiger partial charge in [0.1, 0.15) is 11.4 Å². The molecule has 4 nitrogen and oxygen atoms in total. The lowest BCUT2D eigenvalue weighted by Gasteiger charge is -2.06. The zero-order chi connectivity index (χ0) is 10.5. The quantitative estimate of drug-likeness (QED) is 0.821. The number of nitrogens with zero attached hydrogens (tertiary/aromatic N) is 2. The first kappa shape index (κ1) is 9.61. The number of hydrogen-bond acceptors (Lipinski definition) is 4. The van der Waals surface area contributed by atoms with Gasteiger partial charge < -0.3 is 10.5 Å². The summed E-state index contributed by atoms with van der Waals surface area (Å²) in [5.41, 5.74) is 6.18. The molecule has 0 radical (unpaired) electrons. The van der Waals surface area contributed by atoms with Crippen molar-refractivity contribution in [3.63, 3.8) is 0 Å². The van der Waals surface area contributed by atoms with Crippen LogP contribution in [0.2, 0.25) is 0 Å². The van der Waals surface area contributed by atoms with Crippen molar-refractivity contribution in [2.24, 2.45) is 5.73 Å². The van der Waals surface area contributed by atoms with Gasteiger partial charge in [-0.3, -0.25) is 4.98 Å². The molecule has 1 aromatic carbocycles. The molecule has 2 rings (SSSR count). The highest BCUT2D eigenvalue weighted by atomic mass is 16.5. The standard InChI is InChI=1S/C11H11N3O/c12-8-10-11(14-7-6-13-10)15-9-4-2-1-3-5-9/h1-7H,8,12H2. The minimum atomic E-state index is 0.315. The first-order valence-electron chi connectivity index (χ1n) is 4.63. The summed E-state index contributed by atoms with van der Waals surface area (Å²) in [6.07, 6.45) is 3.18. The van der Waals surface area contributed by atoms with E-state index in [0.29, 0.717) is 18.1 Å². The number of benzene rings is 1. The summed E-state index contributed by atoms with van der Waals surface area (Å²) < 4.78 is 5.55. The van der Waals surface area contributed by atoms with Crippen LogP contribution in [0.5, 0.6) is 11.6 Å². The van der Waals surface area contributed by atoms with Crippen molar-refractivity contribution in [2.45, 2.75) is 6.54 Å². The average Bonchev–Trinajstić information content (AvgIpc) is 2.31. The van der Waals surface area contributed by atoms with Crippen molar-refractivity contribution < 1.29 is 4.74 Å². The molecule has 0 unspecified atom stereocenters. The second kappa shape index (κ2) is 4.52. The van der Waals surface area contributed by atoms with Crippen LogP contribution < -0.4 is 10.5 Å². The second-order valence-corrected chi connectivity index (χ2v) is 2.93. The van der Waals surface area contributed by atoms with Crippen LogP contribution in [-0.4, -0.2) is 9.97 Å². The third-order valence-corrected chi connectivity index (χ3v) is 1.89. The third-order valence-electron chi connectivity index (χ3n) is 1.89. The van der Waals surface area contributed by atoms with Crippen LogP contribution in [-0.2, 0) is 6.54 Å². The molecule has 0 aliphatic heterocycles. The predicted molar refractivity (Wildman–Crippen MR) is 56.4 cm³/mol. The van der Waals surface area contributed by atoms with Gasteiger partial charge in [-0.25, -0.2) is 4.98 Å². The molecule has 0 bridgehead atoms. The van der Waals surface area contributed by atoms with Crippen molar-refractivity contribution in [1.82, 2.24) is 9.97 Å². The highest BCUT2D eigenvalue weighted by molar-refractivity contribution is 5.28. The summed E-state index contributed by atoms with van der Waals surface area (Å²) in [6, 6.07) is 9.43. The number of aromatic nitrogens is 2. The normalized spacial score (nSPS) is 9.93. The zero-order valence-corrected chi connectivity index (χ0v) is 8.13. The summed E-state index contributed by atoms with van der Waals surface area (Å²) in [4.78, 5) is 8.16. The number of ether oxygens (including phenoxy) is 1. The fourth-order valence-corrected chi connectivity index (χ4v) is 1.18. The first-order chi connectivity index (χ1) is 7.40. The molecule has 0 saturated heterocycles. The van der Waals surface area contributed by atoms with Crippen LogP contribution >= 0.6 is 0 Å². The highest BCUT2D eigenvalue weighted by Gasteiger charge is 2.04. The average molecular weight is 201 g/mol. The van der Waals surface area contributed by atoms with E-state index in [0.717, 1.165) is 5.75 Å². The Hall–Kier alpha value is -1.94. The molecule has 15 heavy (non-hydrogen) atoms. The Balaban J connectivity index is 2.24. The minimum Gasteiger partial charge on any atom is -0.437 e. The fraction of sp³-hybridized carbons (Fsp3) is 0.0909. The highest BCUT2D eigenvalue weighted by Crippen LogP contribution is 2.20. The molecule has 2 N–H and O–H groups in total. The van der Waals surface area contributed by atoms with E-state index in [4.69, 9.17) is 10.5 Å². The Kier molecular flexibility index (Phi) is 2.90. The van der Waals surface area contributed by atoms with Crippen LogP contribution in [0.15, 0.2) is 42.7 Å². The largest absolute Gasteiger partial charge is 0.437 e. The van der Waals surface area contributed by atoms with Gasteiger partial charge in [-0.05, 0) is 12.1 Å². The molecular formula is C11H11N3O. The molecule has 0 aliphatic rings. The first-order valence-corrected chi connectivity index (χ1v) is 4.63. The summed E-state index contributed by atoms with van der Waals surface area (Å²) in [5.74, 6) is 1.19. The van der Waals surface area contributed by atoms with E-state index in [9.17, 15) is 0 Å². The lowest BCUT2D eigenvalue weighted by molar-refractivity contribution is 0.452. The van der Waals surface area contributed by atoms with E-state index in [1.807, 2.05) is 30.3 Å².